The summed E-state index contributed by atoms with van der Waals surface area (Å²) in [5.41, 5.74) is 2.56. The molecule has 0 spiro atoms. The first-order valence-corrected chi connectivity index (χ1v) is 5.90. The predicted molar refractivity (Wildman–Crippen MR) is 59.5 cm³/mol. The average molecular weight is 215 g/mol. The molecule has 82 valence electrons. The maximum Gasteiger partial charge on any atom is 0.254 e. The summed E-state index contributed by atoms with van der Waals surface area (Å²) in [6, 6.07) is 0.638. The molecule has 2 aliphatic carbocycles. The molecule has 0 aromatic carbocycles. The number of anilines is 1. The van der Waals surface area contributed by atoms with Gasteiger partial charge in [0.15, 0.2) is 0 Å². The maximum atomic E-state index is 4.55. The van der Waals surface area contributed by atoms with E-state index in [0.717, 1.165) is 24.4 Å². The minimum atomic E-state index is 0.638. The first-order valence-electron chi connectivity index (χ1n) is 5.90. The minimum absolute atomic E-state index is 0.638. The second-order valence-corrected chi connectivity index (χ2v) is 4.63. The van der Waals surface area contributed by atoms with E-state index in [0.29, 0.717) is 6.04 Å². The number of aryl methyl sites for hydroxylation is 1. The van der Waals surface area contributed by atoms with E-state index >= 15 is 0 Å². The van der Waals surface area contributed by atoms with Gasteiger partial charge in [-0.1, -0.05) is 0 Å². The van der Waals surface area contributed by atoms with Gasteiger partial charge in [0.25, 0.3) is 5.78 Å². The molecular weight excluding hydrogens is 202 g/mol. The van der Waals surface area contributed by atoms with Crippen LogP contribution in [-0.4, -0.2) is 25.6 Å². The Morgan fingerprint density at radius 2 is 2.25 bits per heavy atom. The van der Waals surface area contributed by atoms with Gasteiger partial charge in [0, 0.05) is 11.6 Å². The summed E-state index contributed by atoms with van der Waals surface area (Å²) in [5, 5.41) is 7.82. The highest BCUT2D eigenvalue weighted by Gasteiger charge is 2.26. The molecule has 1 saturated carbocycles. The van der Waals surface area contributed by atoms with Crippen molar-refractivity contribution in [3.8, 4) is 0 Å². The number of hydrogen-bond donors (Lipinski definition) is 1. The zero-order valence-electron chi connectivity index (χ0n) is 8.98. The lowest BCUT2D eigenvalue weighted by atomic mass is 10.2. The minimum Gasteiger partial charge on any atom is -0.367 e. The largest absolute Gasteiger partial charge is 0.367 e. The Balaban J connectivity index is 1.96. The third-order valence-electron chi connectivity index (χ3n) is 3.37. The van der Waals surface area contributed by atoms with Crippen LogP contribution in [0.2, 0.25) is 0 Å². The molecule has 5 nitrogen and oxygen atoms in total. The molecule has 2 heterocycles. The van der Waals surface area contributed by atoms with E-state index in [1.807, 2.05) is 4.52 Å². The predicted octanol–water partition coefficient (Wildman–Crippen LogP) is 1.19. The molecular formula is C11H13N5. The van der Waals surface area contributed by atoms with Crippen molar-refractivity contribution in [1.29, 1.82) is 0 Å². The Bertz CT molecular complexity index is 555. The lowest BCUT2D eigenvalue weighted by molar-refractivity contribution is 0.897. The smallest absolute Gasteiger partial charge is 0.254 e. The summed E-state index contributed by atoms with van der Waals surface area (Å²) >= 11 is 0. The van der Waals surface area contributed by atoms with E-state index in [9.17, 15) is 0 Å². The Morgan fingerprint density at radius 1 is 1.31 bits per heavy atom. The molecule has 2 aromatic rings. The Morgan fingerprint density at radius 3 is 3.12 bits per heavy atom. The van der Waals surface area contributed by atoms with Gasteiger partial charge in [-0.2, -0.15) is 14.6 Å². The van der Waals surface area contributed by atoms with Gasteiger partial charge >= 0.3 is 0 Å². The molecule has 0 unspecified atom stereocenters. The maximum absolute atomic E-state index is 4.55. The van der Waals surface area contributed by atoms with Crippen LogP contribution in [0.4, 0.5) is 5.82 Å². The highest BCUT2D eigenvalue weighted by molar-refractivity contribution is 5.55. The van der Waals surface area contributed by atoms with Crippen molar-refractivity contribution in [2.24, 2.45) is 0 Å². The molecule has 5 heteroatoms. The average Bonchev–Trinajstić information content (AvgIpc) is 2.80. The van der Waals surface area contributed by atoms with Crippen molar-refractivity contribution in [3.05, 3.63) is 17.6 Å². The number of rotatable bonds is 2. The molecule has 1 N–H and O–H groups in total. The van der Waals surface area contributed by atoms with Crippen LogP contribution >= 0.6 is 0 Å². The lowest BCUT2D eigenvalue weighted by Gasteiger charge is -2.11. The van der Waals surface area contributed by atoms with Crippen LogP contribution in [-0.2, 0) is 12.8 Å². The molecule has 0 radical (unpaired) electrons. The summed E-state index contributed by atoms with van der Waals surface area (Å²) in [4.78, 5) is 8.74. The fraction of sp³-hybridized carbons (Fsp3) is 0.545. The fourth-order valence-electron chi connectivity index (χ4n) is 2.39. The fourth-order valence-corrected chi connectivity index (χ4v) is 2.39. The number of nitrogens with zero attached hydrogens (tertiary/aromatic N) is 4. The number of hydrogen-bond acceptors (Lipinski definition) is 4. The number of fused-ring (bicyclic) bond motifs is 2. The lowest BCUT2D eigenvalue weighted by Crippen LogP contribution is -2.11. The van der Waals surface area contributed by atoms with Crippen LogP contribution in [0.25, 0.3) is 5.78 Å². The Labute approximate surface area is 92.9 Å². The van der Waals surface area contributed by atoms with Crippen LogP contribution < -0.4 is 5.32 Å². The molecule has 4 rings (SSSR count). The van der Waals surface area contributed by atoms with E-state index in [2.05, 4.69) is 20.4 Å². The van der Waals surface area contributed by atoms with Gasteiger partial charge < -0.3 is 5.32 Å². The highest BCUT2D eigenvalue weighted by atomic mass is 15.4. The summed E-state index contributed by atoms with van der Waals surface area (Å²) in [7, 11) is 0. The first kappa shape index (κ1) is 8.50. The van der Waals surface area contributed by atoms with Gasteiger partial charge in [0.1, 0.15) is 12.1 Å². The number of aromatic nitrogens is 4. The summed E-state index contributed by atoms with van der Waals surface area (Å²) in [5.74, 6) is 1.86. The van der Waals surface area contributed by atoms with Gasteiger partial charge in [-0.15, -0.1) is 0 Å². The van der Waals surface area contributed by atoms with Gasteiger partial charge in [-0.05, 0) is 32.1 Å². The topological polar surface area (TPSA) is 55.1 Å². The monoisotopic (exact) mass is 215 g/mol. The van der Waals surface area contributed by atoms with Crippen molar-refractivity contribution in [3.63, 3.8) is 0 Å². The van der Waals surface area contributed by atoms with Crippen LogP contribution in [0.3, 0.4) is 0 Å². The van der Waals surface area contributed by atoms with E-state index in [4.69, 9.17) is 0 Å². The second-order valence-electron chi connectivity index (χ2n) is 4.63. The van der Waals surface area contributed by atoms with E-state index < -0.39 is 0 Å². The zero-order chi connectivity index (χ0) is 10.5. The quantitative estimate of drug-likeness (QED) is 0.817. The summed E-state index contributed by atoms with van der Waals surface area (Å²) < 4.78 is 1.85. The van der Waals surface area contributed by atoms with Crippen molar-refractivity contribution in [2.75, 3.05) is 5.32 Å². The molecule has 0 bridgehead atoms. The van der Waals surface area contributed by atoms with Crippen LogP contribution in [0, 0.1) is 0 Å². The second kappa shape index (κ2) is 2.93. The van der Waals surface area contributed by atoms with Crippen LogP contribution in [0.1, 0.15) is 30.5 Å². The highest BCUT2D eigenvalue weighted by Crippen LogP contribution is 2.31. The third kappa shape index (κ3) is 1.14. The molecule has 0 aliphatic heterocycles. The normalized spacial score (nSPS) is 19.0. The van der Waals surface area contributed by atoms with Gasteiger partial charge in [0.2, 0.25) is 0 Å². The van der Waals surface area contributed by atoms with Gasteiger partial charge in [-0.25, -0.2) is 4.98 Å². The third-order valence-corrected chi connectivity index (χ3v) is 3.37. The molecule has 0 amide bonds. The molecule has 2 aromatic heterocycles. The van der Waals surface area contributed by atoms with Crippen LogP contribution in [0.5, 0.6) is 0 Å². The van der Waals surface area contributed by atoms with Crippen molar-refractivity contribution in [2.45, 2.75) is 38.1 Å². The Hall–Kier alpha value is -1.65. The van der Waals surface area contributed by atoms with Crippen molar-refractivity contribution >= 4 is 11.6 Å². The van der Waals surface area contributed by atoms with E-state index in [1.165, 1.54) is 30.5 Å². The molecule has 2 aliphatic rings. The summed E-state index contributed by atoms with van der Waals surface area (Å²) in [6.45, 7) is 0. The molecule has 0 saturated heterocycles. The zero-order valence-corrected chi connectivity index (χ0v) is 8.98. The van der Waals surface area contributed by atoms with E-state index in [-0.39, 0.29) is 0 Å². The standard InChI is InChI=1S/C11H13N5/c1-2-8-9(3-1)15-11-12-6-13-16(11)10(8)14-7-4-5-7/h6-7,14H,1-5H2. The summed E-state index contributed by atoms with van der Waals surface area (Å²) in [6.07, 6.45) is 7.52. The van der Waals surface area contributed by atoms with Crippen molar-refractivity contribution in [1.82, 2.24) is 19.6 Å². The molecule has 0 atom stereocenters. The SMILES string of the molecule is c1nc2nc3c(c(NC4CC4)n2n1)CCC3. The number of nitrogens with one attached hydrogen (secondary N) is 1. The first-order chi connectivity index (χ1) is 7.92. The molecule has 1 fully saturated rings. The molecule has 16 heavy (non-hydrogen) atoms. The van der Waals surface area contributed by atoms with Crippen LogP contribution in [0.15, 0.2) is 6.33 Å². The van der Waals surface area contributed by atoms with Gasteiger partial charge in [-0.3, -0.25) is 0 Å². The van der Waals surface area contributed by atoms with E-state index in [1.54, 1.807) is 6.33 Å². The Kier molecular flexibility index (Phi) is 1.56. The van der Waals surface area contributed by atoms with Crippen molar-refractivity contribution < 1.29 is 0 Å². The van der Waals surface area contributed by atoms with Gasteiger partial charge in [0.05, 0.1) is 5.69 Å².